The number of furan rings is 1. The van der Waals surface area contributed by atoms with Crippen LogP contribution in [0.25, 0.3) is 146 Å². The maximum absolute atomic E-state index is 12.0. The zero-order valence-corrected chi connectivity index (χ0v) is 36.6. The van der Waals surface area contributed by atoms with E-state index in [0.29, 0.717) is 45.0 Å². The fraction of sp³-hybridized carbons (Fsp3) is 0. The third-order valence-electron chi connectivity index (χ3n) is 14.0. The average molecular weight is 883 g/mol. The van der Waals surface area contributed by atoms with Crippen molar-refractivity contribution in [3.05, 3.63) is 199 Å². The van der Waals surface area contributed by atoms with Gasteiger partial charge in [-0.25, -0.2) is 14.8 Å². The number of thiophene rings is 1. The van der Waals surface area contributed by atoms with Crippen molar-refractivity contribution in [2.24, 2.45) is 0 Å². The molecular formula is C60H30N6OS. The second kappa shape index (κ2) is 13.6. The quantitative estimate of drug-likeness (QED) is 0.130. The van der Waals surface area contributed by atoms with E-state index in [0.717, 1.165) is 97.3 Å². The highest BCUT2D eigenvalue weighted by molar-refractivity contribution is 7.26. The van der Waals surface area contributed by atoms with Crippen LogP contribution in [0.5, 0.6) is 0 Å². The Morgan fingerprint density at radius 3 is 1.78 bits per heavy atom. The summed E-state index contributed by atoms with van der Waals surface area (Å²) in [4.78, 5) is 14.9. The number of benzene rings is 9. The zero-order chi connectivity index (χ0) is 44.8. The standard InChI is InChI=1S/C60H30N6OS/c1-62-53-48(33-14-4-2-5-15-33)44(32-61)54(49(34-16-6-3-7-17-34)56(53)66-59-51-39(28-30-63-59)35-18-8-9-19-36(35)40-29-31-64-60(66)52(40)51)65-45-27-26-41-37-20-10-12-22-46(37)67-57(41)50(45)43-25-24-42-38-21-11-13-23-47(38)68-58(42)55(43)65/h2-31H. The molecule has 68 heavy (non-hydrogen) atoms. The zero-order valence-electron chi connectivity index (χ0n) is 35.8. The van der Waals surface area contributed by atoms with Gasteiger partial charge in [0, 0.05) is 65.9 Å². The van der Waals surface area contributed by atoms with Gasteiger partial charge in [0.05, 0.1) is 44.6 Å². The molecule has 0 spiro atoms. The second-order valence-corrected chi connectivity index (χ2v) is 18.4. The lowest BCUT2D eigenvalue weighted by Crippen LogP contribution is -2.09. The number of rotatable bonds is 4. The minimum absolute atomic E-state index is 0.331. The number of fused-ring (bicyclic) bond motifs is 14. The van der Waals surface area contributed by atoms with Crippen molar-refractivity contribution in [1.82, 2.24) is 19.1 Å². The summed E-state index contributed by atoms with van der Waals surface area (Å²) < 4.78 is 13.6. The monoisotopic (exact) mass is 882 g/mol. The van der Waals surface area contributed by atoms with E-state index in [1.54, 1.807) is 11.3 Å². The van der Waals surface area contributed by atoms with Gasteiger partial charge in [-0.2, -0.15) is 5.26 Å². The van der Waals surface area contributed by atoms with E-state index in [-0.39, 0.29) is 0 Å². The van der Waals surface area contributed by atoms with Crippen LogP contribution >= 0.6 is 11.3 Å². The molecule has 0 aliphatic heterocycles. The maximum atomic E-state index is 12.0. The fourth-order valence-corrected chi connectivity index (χ4v) is 12.6. The van der Waals surface area contributed by atoms with Crippen LogP contribution in [0, 0.1) is 17.9 Å². The summed E-state index contributed by atoms with van der Waals surface area (Å²) in [5, 5.41) is 24.6. The van der Waals surface area contributed by atoms with Crippen molar-refractivity contribution in [3.8, 4) is 39.7 Å². The van der Waals surface area contributed by atoms with Crippen molar-refractivity contribution in [3.63, 3.8) is 0 Å². The Bertz CT molecular complexity index is 4670. The first-order valence-corrected chi connectivity index (χ1v) is 23.2. The number of pyridine rings is 2. The van der Waals surface area contributed by atoms with Crippen molar-refractivity contribution < 1.29 is 4.42 Å². The molecule has 6 aromatic heterocycles. The predicted molar refractivity (Wildman–Crippen MR) is 279 cm³/mol. The molecule has 0 fully saturated rings. The number of para-hydroxylation sites is 1. The molecule has 0 aliphatic carbocycles. The van der Waals surface area contributed by atoms with E-state index in [9.17, 15) is 11.8 Å². The van der Waals surface area contributed by atoms with Crippen LogP contribution in [0.1, 0.15) is 5.56 Å². The average Bonchev–Trinajstić information content (AvgIpc) is 4.16. The maximum Gasteiger partial charge on any atom is 0.220 e. The molecule has 15 rings (SSSR count). The Hall–Kier alpha value is -9.34. The Morgan fingerprint density at radius 2 is 1.10 bits per heavy atom. The molecule has 0 bridgehead atoms. The molecule has 0 saturated heterocycles. The first-order chi connectivity index (χ1) is 33.7. The minimum atomic E-state index is 0.331. The summed E-state index contributed by atoms with van der Waals surface area (Å²) in [5.74, 6) is 0. The van der Waals surface area contributed by atoms with Gasteiger partial charge in [0.15, 0.2) is 0 Å². The fourth-order valence-electron chi connectivity index (χ4n) is 11.4. The number of nitriles is 1. The van der Waals surface area contributed by atoms with E-state index in [4.69, 9.17) is 14.4 Å². The van der Waals surface area contributed by atoms with Gasteiger partial charge in [-0.05, 0) is 69.1 Å². The molecule has 6 heterocycles. The molecule has 9 aromatic carbocycles. The van der Waals surface area contributed by atoms with Crippen molar-refractivity contribution in [1.29, 1.82) is 5.26 Å². The topological polar surface area (TPSA) is 76.9 Å². The lowest BCUT2D eigenvalue weighted by Gasteiger charge is -2.25. The van der Waals surface area contributed by atoms with Gasteiger partial charge in [-0.3, -0.25) is 4.57 Å². The van der Waals surface area contributed by atoms with Gasteiger partial charge in [0.25, 0.3) is 0 Å². The van der Waals surface area contributed by atoms with Crippen LogP contribution in [-0.2, 0) is 0 Å². The highest BCUT2D eigenvalue weighted by Gasteiger charge is 2.34. The van der Waals surface area contributed by atoms with Gasteiger partial charge in [-0.15, -0.1) is 11.3 Å². The third-order valence-corrected chi connectivity index (χ3v) is 15.2. The highest BCUT2D eigenvalue weighted by Crippen LogP contribution is 2.54. The highest BCUT2D eigenvalue weighted by atomic mass is 32.1. The number of aromatic nitrogens is 4. The number of hydrogen-bond acceptors (Lipinski definition) is 5. The third kappa shape index (κ3) is 4.68. The Labute approximate surface area is 390 Å². The van der Waals surface area contributed by atoms with Crippen LogP contribution in [0.4, 0.5) is 5.69 Å². The van der Waals surface area contributed by atoms with E-state index in [2.05, 4.69) is 123 Å². The van der Waals surface area contributed by atoms with Gasteiger partial charge < -0.3 is 8.98 Å². The lowest BCUT2D eigenvalue weighted by molar-refractivity contribution is 0.673. The molecule has 0 N–H and O–H groups in total. The second-order valence-electron chi connectivity index (χ2n) is 17.3. The van der Waals surface area contributed by atoms with Gasteiger partial charge in [-0.1, -0.05) is 133 Å². The molecule has 0 atom stereocenters. The van der Waals surface area contributed by atoms with E-state index in [1.807, 2.05) is 79.1 Å². The van der Waals surface area contributed by atoms with Crippen molar-refractivity contribution >= 4 is 125 Å². The summed E-state index contributed by atoms with van der Waals surface area (Å²) in [7, 11) is 0. The smallest absolute Gasteiger partial charge is 0.220 e. The van der Waals surface area contributed by atoms with E-state index >= 15 is 0 Å². The van der Waals surface area contributed by atoms with Crippen LogP contribution in [0.3, 0.4) is 0 Å². The van der Waals surface area contributed by atoms with Crippen LogP contribution < -0.4 is 0 Å². The minimum Gasteiger partial charge on any atom is -0.455 e. The molecule has 312 valence electrons. The SMILES string of the molecule is [C-]#[N+]c1c(-c2ccccc2)c(C#N)c(-n2c3ccc4c5ccccc5oc4c3c3ccc4c5ccccc5sc4c32)c(-c2ccccc2)c1-n1c2nccc3c4ccccc4c4ccnc1c4c32. The van der Waals surface area contributed by atoms with Crippen LogP contribution in [-0.4, -0.2) is 19.1 Å². The molecule has 15 aromatic rings. The molecule has 8 heteroatoms. The molecule has 0 amide bonds. The van der Waals surface area contributed by atoms with Gasteiger partial charge in [0.1, 0.15) is 28.5 Å². The molecule has 0 saturated carbocycles. The molecule has 0 unspecified atom stereocenters. The largest absolute Gasteiger partial charge is 0.455 e. The number of nitrogens with zero attached hydrogens (tertiary/aromatic N) is 6. The number of hydrogen-bond donors (Lipinski definition) is 0. The molecule has 0 aliphatic rings. The van der Waals surface area contributed by atoms with Gasteiger partial charge in [0.2, 0.25) is 5.69 Å². The Morgan fingerprint density at radius 1 is 0.515 bits per heavy atom. The predicted octanol–water partition coefficient (Wildman–Crippen LogP) is 16.4. The summed E-state index contributed by atoms with van der Waals surface area (Å²) in [6.45, 7) is 9.29. The normalized spacial score (nSPS) is 12.1. The van der Waals surface area contributed by atoms with Crippen molar-refractivity contribution in [2.45, 2.75) is 0 Å². The van der Waals surface area contributed by atoms with E-state index in [1.165, 1.54) is 10.1 Å². The summed E-state index contributed by atoms with van der Waals surface area (Å²) in [6.07, 6.45) is 3.72. The van der Waals surface area contributed by atoms with Crippen LogP contribution in [0.2, 0.25) is 0 Å². The molecular weight excluding hydrogens is 853 g/mol. The summed E-state index contributed by atoms with van der Waals surface area (Å²) >= 11 is 1.75. The lowest BCUT2D eigenvalue weighted by atomic mass is 9.88. The van der Waals surface area contributed by atoms with Crippen LogP contribution in [0.15, 0.2) is 187 Å². The summed E-state index contributed by atoms with van der Waals surface area (Å²) in [5.41, 5.74) is 9.59. The van der Waals surface area contributed by atoms with Gasteiger partial charge >= 0.3 is 0 Å². The first-order valence-electron chi connectivity index (χ1n) is 22.4. The van der Waals surface area contributed by atoms with E-state index < -0.39 is 0 Å². The first kappa shape index (κ1) is 36.9. The Kier molecular flexibility index (Phi) is 7.39. The molecule has 7 nitrogen and oxygen atoms in total. The summed E-state index contributed by atoms with van der Waals surface area (Å²) in [6, 6.07) is 61.1. The molecule has 0 radical (unpaired) electrons. The Balaban J connectivity index is 1.25. The van der Waals surface area contributed by atoms with Crippen molar-refractivity contribution in [2.75, 3.05) is 0 Å².